The fourth-order valence-electron chi connectivity index (χ4n) is 4.88. The maximum absolute atomic E-state index is 13.0. The van der Waals surface area contributed by atoms with Crippen LogP contribution in [0.5, 0.6) is 0 Å². The van der Waals surface area contributed by atoms with Crippen LogP contribution in [0.25, 0.3) is 0 Å². The summed E-state index contributed by atoms with van der Waals surface area (Å²) in [6.07, 6.45) is 10.3. The number of carbonyl (C=O) groups is 2. The molecule has 2 heterocycles. The highest BCUT2D eigenvalue weighted by atomic mass is 32.2. The standard InChI is InChI=1S/C27H36N4O2S/c1-20(27(33)31-17-6-7-18-31)34-26-24(11-8-16-28-26)25(32)29-19-21-12-14-23(15-13-21)30(2)22-9-4-3-5-10-22/h8,11-16,20,22H,3-7,9-10,17-19H2,1-2H3,(H,29,32). The molecule has 4 rings (SSSR count). The van der Waals surface area contributed by atoms with Gasteiger partial charge < -0.3 is 15.1 Å². The number of thioether (sulfide) groups is 1. The van der Waals surface area contributed by atoms with Crippen molar-refractivity contribution in [2.24, 2.45) is 0 Å². The van der Waals surface area contributed by atoms with Crippen molar-refractivity contribution in [1.82, 2.24) is 15.2 Å². The Morgan fingerprint density at radius 3 is 2.50 bits per heavy atom. The Bertz CT molecular complexity index is 969. The second-order valence-electron chi connectivity index (χ2n) is 9.40. The highest BCUT2D eigenvalue weighted by molar-refractivity contribution is 8.00. The quantitative estimate of drug-likeness (QED) is 0.546. The molecular formula is C27H36N4O2S. The molecule has 1 unspecified atom stereocenters. The fraction of sp³-hybridized carbons (Fsp3) is 0.519. The minimum Gasteiger partial charge on any atom is -0.372 e. The molecule has 0 bridgehead atoms. The van der Waals surface area contributed by atoms with E-state index in [9.17, 15) is 9.59 Å². The first-order chi connectivity index (χ1) is 16.5. The van der Waals surface area contributed by atoms with Crippen molar-refractivity contribution >= 4 is 29.3 Å². The van der Waals surface area contributed by atoms with Crippen molar-refractivity contribution in [1.29, 1.82) is 0 Å². The highest BCUT2D eigenvalue weighted by Crippen LogP contribution is 2.28. The number of rotatable bonds is 8. The molecule has 1 aliphatic heterocycles. The molecule has 2 aliphatic rings. The molecule has 1 aromatic carbocycles. The third-order valence-corrected chi connectivity index (χ3v) is 8.09. The lowest BCUT2D eigenvalue weighted by Crippen LogP contribution is -2.34. The number of amides is 2. The number of nitrogens with one attached hydrogen (secondary N) is 1. The lowest BCUT2D eigenvalue weighted by atomic mass is 9.94. The average molecular weight is 481 g/mol. The van der Waals surface area contributed by atoms with Gasteiger partial charge >= 0.3 is 0 Å². The van der Waals surface area contributed by atoms with Gasteiger partial charge in [-0.3, -0.25) is 9.59 Å². The Kier molecular flexibility index (Phi) is 8.48. The number of anilines is 1. The van der Waals surface area contributed by atoms with Crippen molar-refractivity contribution in [3.8, 4) is 0 Å². The topological polar surface area (TPSA) is 65.5 Å². The van der Waals surface area contributed by atoms with Crippen LogP contribution in [0.4, 0.5) is 5.69 Å². The maximum atomic E-state index is 13.0. The van der Waals surface area contributed by atoms with E-state index in [2.05, 4.69) is 46.5 Å². The lowest BCUT2D eigenvalue weighted by Gasteiger charge is -2.33. The van der Waals surface area contributed by atoms with Gasteiger partial charge in [-0.15, -0.1) is 0 Å². The van der Waals surface area contributed by atoms with Gasteiger partial charge in [0.2, 0.25) is 5.91 Å². The van der Waals surface area contributed by atoms with Crippen LogP contribution in [0.15, 0.2) is 47.6 Å². The van der Waals surface area contributed by atoms with E-state index < -0.39 is 0 Å². The first-order valence-corrected chi connectivity index (χ1v) is 13.4. The third-order valence-electron chi connectivity index (χ3n) is 6.99. The summed E-state index contributed by atoms with van der Waals surface area (Å²) in [5.41, 5.74) is 2.80. The molecule has 6 nitrogen and oxygen atoms in total. The smallest absolute Gasteiger partial charge is 0.254 e. The van der Waals surface area contributed by atoms with Gasteiger partial charge in [0, 0.05) is 44.6 Å². The van der Waals surface area contributed by atoms with Crippen LogP contribution in [0.1, 0.15) is 67.8 Å². The summed E-state index contributed by atoms with van der Waals surface area (Å²) in [7, 11) is 2.18. The molecule has 1 aromatic heterocycles. The molecule has 1 atom stereocenters. The zero-order valence-electron chi connectivity index (χ0n) is 20.3. The van der Waals surface area contributed by atoms with E-state index in [1.807, 2.05) is 11.8 Å². The number of benzene rings is 1. The van der Waals surface area contributed by atoms with E-state index in [1.165, 1.54) is 49.6 Å². The summed E-state index contributed by atoms with van der Waals surface area (Å²) < 4.78 is 0. The molecule has 0 radical (unpaired) electrons. The van der Waals surface area contributed by atoms with Crippen molar-refractivity contribution in [3.63, 3.8) is 0 Å². The normalized spacial score (nSPS) is 17.4. The van der Waals surface area contributed by atoms with Crippen molar-refractivity contribution in [2.45, 2.75) is 74.7 Å². The minimum absolute atomic E-state index is 0.123. The average Bonchev–Trinajstić information content (AvgIpc) is 3.42. The summed E-state index contributed by atoms with van der Waals surface area (Å²) in [4.78, 5) is 34.4. The van der Waals surface area contributed by atoms with Gasteiger partial charge in [0.25, 0.3) is 5.91 Å². The number of pyridine rings is 1. The first-order valence-electron chi connectivity index (χ1n) is 12.5. The van der Waals surface area contributed by atoms with Crippen molar-refractivity contribution < 1.29 is 9.59 Å². The van der Waals surface area contributed by atoms with Gasteiger partial charge in [-0.05, 0) is 62.4 Å². The van der Waals surface area contributed by atoms with Crippen molar-refractivity contribution in [2.75, 3.05) is 25.0 Å². The summed E-state index contributed by atoms with van der Waals surface area (Å²) in [5.74, 6) is -0.0439. The molecule has 34 heavy (non-hydrogen) atoms. The molecule has 7 heteroatoms. The van der Waals surface area contributed by atoms with Crippen LogP contribution in [0.2, 0.25) is 0 Å². The van der Waals surface area contributed by atoms with Crippen LogP contribution >= 0.6 is 11.8 Å². The monoisotopic (exact) mass is 480 g/mol. The Morgan fingerprint density at radius 1 is 1.09 bits per heavy atom. The molecule has 2 fully saturated rings. The minimum atomic E-state index is -0.270. The zero-order chi connectivity index (χ0) is 23.9. The molecule has 1 N–H and O–H groups in total. The first kappa shape index (κ1) is 24.6. The summed E-state index contributed by atoms with van der Waals surface area (Å²) >= 11 is 1.37. The molecule has 2 aromatic rings. The Morgan fingerprint density at radius 2 is 1.79 bits per heavy atom. The number of hydrogen-bond acceptors (Lipinski definition) is 5. The summed E-state index contributed by atoms with van der Waals surface area (Å²) in [6.45, 7) is 4.00. The van der Waals surface area contributed by atoms with E-state index in [0.29, 0.717) is 23.2 Å². The van der Waals surface area contributed by atoms with Crippen LogP contribution < -0.4 is 10.2 Å². The van der Waals surface area contributed by atoms with Crippen LogP contribution in [0.3, 0.4) is 0 Å². The molecular weight excluding hydrogens is 444 g/mol. The number of hydrogen-bond donors (Lipinski definition) is 1. The van der Waals surface area contributed by atoms with Crippen LogP contribution in [-0.4, -0.2) is 53.1 Å². The van der Waals surface area contributed by atoms with E-state index >= 15 is 0 Å². The molecule has 1 saturated heterocycles. The van der Waals surface area contributed by atoms with Crippen LogP contribution in [-0.2, 0) is 11.3 Å². The Balaban J connectivity index is 1.33. The van der Waals surface area contributed by atoms with E-state index in [0.717, 1.165) is 31.5 Å². The summed E-state index contributed by atoms with van der Waals surface area (Å²) in [5, 5.41) is 3.36. The molecule has 2 amide bonds. The second kappa shape index (κ2) is 11.7. The van der Waals surface area contributed by atoms with Gasteiger partial charge in [0.05, 0.1) is 10.8 Å². The van der Waals surface area contributed by atoms with Gasteiger partial charge in [0.15, 0.2) is 0 Å². The molecule has 1 saturated carbocycles. The van der Waals surface area contributed by atoms with Gasteiger partial charge in [-0.1, -0.05) is 43.2 Å². The maximum Gasteiger partial charge on any atom is 0.254 e. The number of likely N-dealkylation sites (tertiary alicyclic amines) is 1. The fourth-order valence-corrected chi connectivity index (χ4v) is 5.87. The van der Waals surface area contributed by atoms with Gasteiger partial charge in [0.1, 0.15) is 5.03 Å². The van der Waals surface area contributed by atoms with E-state index in [1.54, 1.807) is 18.3 Å². The molecule has 0 spiro atoms. The Labute approximate surface area is 207 Å². The predicted molar refractivity (Wildman–Crippen MR) is 138 cm³/mol. The van der Waals surface area contributed by atoms with E-state index in [4.69, 9.17) is 0 Å². The lowest BCUT2D eigenvalue weighted by molar-refractivity contribution is -0.129. The molecule has 182 valence electrons. The Hall–Kier alpha value is -2.54. The summed E-state index contributed by atoms with van der Waals surface area (Å²) in [6, 6.07) is 12.6. The van der Waals surface area contributed by atoms with E-state index in [-0.39, 0.29) is 17.1 Å². The van der Waals surface area contributed by atoms with Gasteiger partial charge in [-0.25, -0.2) is 4.98 Å². The SMILES string of the molecule is CC(Sc1ncccc1C(=O)NCc1ccc(N(C)C2CCCCC2)cc1)C(=O)N1CCCC1. The number of aromatic nitrogens is 1. The zero-order valence-corrected chi connectivity index (χ0v) is 21.2. The molecule has 1 aliphatic carbocycles. The predicted octanol–water partition coefficient (Wildman–Crippen LogP) is 4.88. The number of nitrogens with zero attached hydrogens (tertiary/aromatic N) is 3. The largest absolute Gasteiger partial charge is 0.372 e. The second-order valence-corrected chi connectivity index (χ2v) is 10.7. The van der Waals surface area contributed by atoms with Crippen LogP contribution in [0, 0.1) is 0 Å². The van der Waals surface area contributed by atoms with Gasteiger partial charge in [-0.2, -0.15) is 0 Å². The highest BCUT2D eigenvalue weighted by Gasteiger charge is 2.26. The third kappa shape index (κ3) is 6.12. The number of carbonyl (C=O) groups excluding carboxylic acids is 2. The van der Waals surface area contributed by atoms with Crippen molar-refractivity contribution in [3.05, 3.63) is 53.7 Å².